The van der Waals surface area contributed by atoms with E-state index in [-0.39, 0.29) is 12.6 Å². The standard InChI is InChI=1S/C17H15FN4O2S/c1-2-24-16(23)15(12-7-4-3-5-8-12)25-17-19-20-21-22(17)14-10-6-9-13(18)11-14/h3-11,15H,2H2,1H3/t15-/m1/s1. The lowest BCUT2D eigenvalue weighted by molar-refractivity contribution is -0.142. The van der Waals surface area contributed by atoms with Crippen LogP contribution in [0.25, 0.3) is 5.69 Å². The van der Waals surface area contributed by atoms with E-state index in [9.17, 15) is 9.18 Å². The molecule has 0 unspecified atom stereocenters. The lowest BCUT2D eigenvalue weighted by atomic mass is 10.1. The summed E-state index contributed by atoms with van der Waals surface area (Å²) in [5.41, 5.74) is 1.25. The molecule has 0 aliphatic rings. The quantitative estimate of drug-likeness (QED) is 0.498. The number of esters is 1. The molecule has 0 N–H and O–H groups in total. The van der Waals surface area contributed by atoms with Crippen molar-refractivity contribution in [3.63, 3.8) is 0 Å². The summed E-state index contributed by atoms with van der Waals surface area (Å²) in [6.45, 7) is 2.03. The molecule has 0 radical (unpaired) electrons. The smallest absolute Gasteiger partial charge is 0.324 e. The highest BCUT2D eigenvalue weighted by Crippen LogP contribution is 2.35. The number of hydrogen-bond acceptors (Lipinski definition) is 6. The van der Waals surface area contributed by atoms with Gasteiger partial charge in [-0.15, -0.1) is 5.10 Å². The number of ether oxygens (including phenoxy) is 1. The van der Waals surface area contributed by atoms with Crippen LogP contribution in [0, 0.1) is 5.82 Å². The van der Waals surface area contributed by atoms with Crippen LogP contribution >= 0.6 is 11.8 Å². The Morgan fingerprint density at radius 1 is 1.24 bits per heavy atom. The predicted octanol–water partition coefficient (Wildman–Crippen LogP) is 3.20. The van der Waals surface area contributed by atoms with Gasteiger partial charge in [-0.3, -0.25) is 4.79 Å². The van der Waals surface area contributed by atoms with Crippen LogP contribution < -0.4 is 0 Å². The number of nitrogens with zero attached hydrogens (tertiary/aromatic N) is 4. The Kier molecular flexibility index (Phi) is 5.39. The molecule has 128 valence electrons. The van der Waals surface area contributed by atoms with E-state index in [1.807, 2.05) is 30.3 Å². The zero-order valence-electron chi connectivity index (χ0n) is 13.4. The first-order valence-corrected chi connectivity index (χ1v) is 8.49. The summed E-state index contributed by atoms with van der Waals surface area (Å²) in [5.74, 6) is -0.776. The lowest BCUT2D eigenvalue weighted by Gasteiger charge is -2.15. The summed E-state index contributed by atoms with van der Waals surface area (Å²) in [5, 5.41) is 11.3. The molecule has 0 fully saturated rings. The molecule has 6 nitrogen and oxygen atoms in total. The van der Waals surface area contributed by atoms with Crippen molar-refractivity contribution in [2.24, 2.45) is 0 Å². The maximum Gasteiger partial charge on any atom is 0.324 e. The van der Waals surface area contributed by atoms with E-state index < -0.39 is 11.1 Å². The number of carbonyl (C=O) groups excluding carboxylic acids is 1. The Morgan fingerprint density at radius 3 is 2.76 bits per heavy atom. The van der Waals surface area contributed by atoms with E-state index in [0.717, 1.165) is 17.3 Å². The minimum Gasteiger partial charge on any atom is -0.465 e. The van der Waals surface area contributed by atoms with Crippen molar-refractivity contribution in [1.29, 1.82) is 0 Å². The molecule has 25 heavy (non-hydrogen) atoms. The molecule has 0 saturated heterocycles. The fraction of sp³-hybridized carbons (Fsp3) is 0.176. The molecule has 2 aromatic carbocycles. The van der Waals surface area contributed by atoms with Crippen molar-refractivity contribution in [2.75, 3.05) is 6.61 Å². The largest absolute Gasteiger partial charge is 0.465 e. The van der Waals surface area contributed by atoms with Crippen molar-refractivity contribution >= 4 is 17.7 Å². The van der Waals surface area contributed by atoms with Crippen LogP contribution in [0.15, 0.2) is 59.8 Å². The number of rotatable bonds is 6. The molecular weight excluding hydrogens is 343 g/mol. The molecule has 0 spiro atoms. The number of carbonyl (C=O) groups is 1. The first-order chi connectivity index (χ1) is 12.2. The van der Waals surface area contributed by atoms with Crippen molar-refractivity contribution < 1.29 is 13.9 Å². The minimum atomic E-state index is -0.626. The van der Waals surface area contributed by atoms with Crippen molar-refractivity contribution in [3.05, 3.63) is 66.0 Å². The van der Waals surface area contributed by atoms with Crippen LogP contribution in [0.4, 0.5) is 4.39 Å². The van der Waals surface area contributed by atoms with Gasteiger partial charge >= 0.3 is 5.97 Å². The van der Waals surface area contributed by atoms with E-state index in [4.69, 9.17) is 4.74 Å². The Balaban J connectivity index is 1.93. The number of benzene rings is 2. The molecule has 0 aliphatic carbocycles. The van der Waals surface area contributed by atoms with Gasteiger partial charge in [0.15, 0.2) is 0 Å². The third-order valence-corrected chi connectivity index (χ3v) is 4.49. The molecule has 0 bridgehead atoms. The van der Waals surface area contributed by atoms with Gasteiger partial charge in [0, 0.05) is 0 Å². The maximum atomic E-state index is 13.5. The van der Waals surface area contributed by atoms with Crippen molar-refractivity contribution in [3.8, 4) is 5.69 Å². The van der Waals surface area contributed by atoms with E-state index in [0.29, 0.717) is 10.8 Å². The number of halogens is 1. The van der Waals surface area contributed by atoms with E-state index in [1.54, 1.807) is 19.1 Å². The zero-order valence-corrected chi connectivity index (χ0v) is 14.2. The van der Waals surface area contributed by atoms with Gasteiger partial charge in [-0.1, -0.05) is 48.2 Å². The normalized spacial score (nSPS) is 11.9. The zero-order chi connectivity index (χ0) is 17.6. The molecule has 3 rings (SSSR count). The third-order valence-electron chi connectivity index (χ3n) is 3.32. The summed E-state index contributed by atoms with van der Waals surface area (Å²) in [6, 6.07) is 15.2. The Morgan fingerprint density at radius 2 is 2.04 bits per heavy atom. The molecule has 0 aliphatic heterocycles. The van der Waals surface area contributed by atoms with Gasteiger partial charge in [-0.05, 0) is 41.1 Å². The van der Waals surface area contributed by atoms with Crippen LogP contribution in [0.2, 0.25) is 0 Å². The highest BCUT2D eigenvalue weighted by atomic mass is 32.2. The average molecular weight is 358 g/mol. The first kappa shape index (κ1) is 17.1. The van der Waals surface area contributed by atoms with Gasteiger partial charge in [0.25, 0.3) is 0 Å². The number of hydrogen-bond donors (Lipinski definition) is 0. The molecule has 3 aromatic rings. The second-order valence-corrected chi connectivity index (χ2v) is 6.09. The first-order valence-electron chi connectivity index (χ1n) is 7.61. The summed E-state index contributed by atoms with van der Waals surface area (Å²) in [7, 11) is 0. The topological polar surface area (TPSA) is 69.9 Å². The van der Waals surface area contributed by atoms with E-state index >= 15 is 0 Å². The molecule has 8 heteroatoms. The van der Waals surface area contributed by atoms with Crippen LogP contribution in [-0.2, 0) is 9.53 Å². The van der Waals surface area contributed by atoms with E-state index in [1.165, 1.54) is 16.8 Å². The maximum absolute atomic E-state index is 13.5. The Hall–Kier alpha value is -2.74. The minimum absolute atomic E-state index is 0.275. The Labute approximate surface area is 148 Å². The van der Waals surface area contributed by atoms with Gasteiger partial charge in [0.05, 0.1) is 12.3 Å². The van der Waals surface area contributed by atoms with Gasteiger partial charge in [-0.25, -0.2) is 4.39 Å². The molecule has 1 atom stereocenters. The van der Waals surface area contributed by atoms with Gasteiger partial charge in [0.2, 0.25) is 5.16 Å². The van der Waals surface area contributed by atoms with Crippen molar-refractivity contribution in [1.82, 2.24) is 20.2 Å². The average Bonchev–Trinajstić information content (AvgIpc) is 3.09. The SMILES string of the molecule is CCOC(=O)[C@H](Sc1nnnn1-c1cccc(F)c1)c1ccccc1. The van der Waals surface area contributed by atoms with Gasteiger partial charge in [0.1, 0.15) is 11.1 Å². The number of thioether (sulfide) groups is 1. The molecule has 0 saturated carbocycles. The van der Waals surface area contributed by atoms with Gasteiger partial charge < -0.3 is 4.74 Å². The molecule has 0 amide bonds. The Bertz CT molecular complexity index is 857. The summed E-state index contributed by atoms with van der Waals surface area (Å²) < 4.78 is 20.1. The highest BCUT2D eigenvalue weighted by molar-refractivity contribution is 8.00. The highest BCUT2D eigenvalue weighted by Gasteiger charge is 2.26. The lowest BCUT2D eigenvalue weighted by Crippen LogP contribution is -2.14. The number of aromatic nitrogens is 4. The fourth-order valence-corrected chi connectivity index (χ4v) is 3.22. The van der Waals surface area contributed by atoms with Gasteiger partial charge in [-0.2, -0.15) is 4.68 Å². The van der Waals surface area contributed by atoms with Crippen molar-refractivity contribution in [2.45, 2.75) is 17.3 Å². The van der Waals surface area contributed by atoms with Crippen LogP contribution in [0.1, 0.15) is 17.7 Å². The fourth-order valence-electron chi connectivity index (χ4n) is 2.23. The summed E-state index contributed by atoms with van der Waals surface area (Å²) >= 11 is 1.15. The monoisotopic (exact) mass is 358 g/mol. The second-order valence-electron chi connectivity index (χ2n) is 5.01. The van der Waals surface area contributed by atoms with E-state index in [2.05, 4.69) is 15.5 Å². The summed E-state index contributed by atoms with van der Waals surface area (Å²) in [6.07, 6.45) is 0. The summed E-state index contributed by atoms with van der Waals surface area (Å²) in [4.78, 5) is 12.4. The number of tetrazole rings is 1. The molecular formula is C17H15FN4O2S. The predicted molar refractivity (Wildman–Crippen MR) is 90.8 cm³/mol. The molecule has 1 heterocycles. The second kappa shape index (κ2) is 7.89. The molecule has 1 aromatic heterocycles. The third kappa shape index (κ3) is 4.03. The van der Waals surface area contributed by atoms with Crippen LogP contribution in [0.3, 0.4) is 0 Å². The van der Waals surface area contributed by atoms with Crippen LogP contribution in [-0.4, -0.2) is 32.8 Å². The van der Waals surface area contributed by atoms with Crippen LogP contribution in [0.5, 0.6) is 0 Å².